The van der Waals surface area contributed by atoms with Crippen LogP contribution in [-0.4, -0.2) is 68.9 Å². The van der Waals surface area contributed by atoms with Gasteiger partial charge in [-0.3, -0.25) is 14.6 Å². The molecule has 3 amide bonds. The molecule has 2 aliphatic heterocycles. The van der Waals surface area contributed by atoms with Gasteiger partial charge in [0.15, 0.2) is 0 Å². The summed E-state index contributed by atoms with van der Waals surface area (Å²) < 4.78 is 14.3. The van der Waals surface area contributed by atoms with Crippen LogP contribution in [0.1, 0.15) is 43.1 Å². The molecule has 0 bridgehead atoms. The summed E-state index contributed by atoms with van der Waals surface area (Å²) in [6.45, 7) is 5.83. The molecule has 1 saturated heterocycles. The smallest absolute Gasteiger partial charge is 0.328 e. The Hall–Kier alpha value is -3.10. The third-order valence-electron chi connectivity index (χ3n) is 7.35. The van der Waals surface area contributed by atoms with E-state index in [1.807, 2.05) is 13.1 Å². The van der Waals surface area contributed by atoms with Gasteiger partial charge in [0.25, 0.3) is 5.91 Å². The molecule has 2 atom stereocenters. The first-order valence-corrected chi connectivity index (χ1v) is 12.2. The lowest BCUT2D eigenvalue weighted by molar-refractivity contribution is -0.133. The molecule has 1 fully saturated rings. The zero-order chi connectivity index (χ0) is 25.1. The number of imide groups is 1. The van der Waals surface area contributed by atoms with E-state index < -0.39 is 17.4 Å². The summed E-state index contributed by atoms with van der Waals surface area (Å²) in [4.78, 5) is 35.9. The van der Waals surface area contributed by atoms with E-state index in [4.69, 9.17) is 11.6 Å². The lowest BCUT2D eigenvalue weighted by Crippen LogP contribution is -2.53. The van der Waals surface area contributed by atoms with Crippen LogP contribution in [0.25, 0.3) is 10.9 Å². The molecular weight excluding hydrogens is 471 g/mol. The molecule has 0 saturated carbocycles. The summed E-state index contributed by atoms with van der Waals surface area (Å²) in [7, 11) is 2.00. The lowest BCUT2D eigenvalue weighted by atomic mass is 9.81. The van der Waals surface area contributed by atoms with Crippen molar-refractivity contribution in [3.05, 3.63) is 64.1 Å². The normalized spacial score (nSPS) is 21.8. The monoisotopic (exact) mass is 498 g/mol. The first-order chi connectivity index (χ1) is 16.7. The summed E-state index contributed by atoms with van der Waals surface area (Å²) >= 11 is 6.11. The number of halogens is 2. The number of phenolic OH excluding ortho intramolecular Hbond substituents is 1. The zero-order valence-corrected chi connectivity index (χ0v) is 20.7. The van der Waals surface area contributed by atoms with E-state index in [0.717, 1.165) is 24.0 Å². The molecule has 2 unspecified atom stereocenters. The van der Waals surface area contributed by atoms with Crippen LogP contribution in [0.2, 0.25) is 5.02 Å². The highest BCUT2D eigenvalue weighted by molar-refractivity contribution is 6.31. The second kappa shape index (κ2) is 8.53. The van der Waals surface area contributed by atoms with Gasteiger partial charge in [-0.15, -0.1) is 0 Å². The Morgan fingerprint density at radius 1 is 1.29 bits per heavy atom. The number of carbonyl (C=O) groups is 2. The van der Waals surface area contributed by atoms with Crippen LogP contribution >= 0.6 is 11.6 Å². The van der Waals surface area contributed by atoms with Gasteiger partial charge in [0.05, 0.1) is 5.02 Å². The maximum Gasteiger partial charge on any atom is 0.328 e. The van der Waals surface area contributed by atoms with Gasteiger partial charge in [0.1, 0.15) is 23.1 Å². The van der Waals surface area contributed by atoms with Crippen molar-refractivity contribution in [2.24, 2.45) is 0 Å². The lowest BCUT2D eigenvalue weighted by Gasteiger charge is -2.42. The Morgan fingerprint density at radius 2 is 2.06 bits per heavy atom. The third-order valence-corrected chi connectivity index (χ3v) is 7.64. The van der Waals surface area contributed by atoms with Gasteiger partial charge < -0.3 is 15.0 Å². The van der Waals surface area contributed by atoms with Crippen LogP contribution in [0.15, 0.2) is 36.4 Å². The standard InChI is InChI=1S/C26H28ClFN4O3/c1-4-30(3)9-6-10-31-24(34)26(2)14-18-17-12-19(27)20(28)13-21(17)29-22(18)23(32(26)25(31)35)15-7-5-8-16(33)11-15/h5,7-8,11-13,23,29,33H,4,6,9-10,14H2,1-3H3. The van der Waals surface area contributed by atoms with Crippen LogP contribution in [0.3, 0.4) is 0 Å². The largest absolute Gasteiger partial charge is 0.508 e. The third kappa shape index (κ3) is 3.67. The summed E-state index contributed by atoms with van der Waals surface area (Å²) in [6.07, 6.45) is 0.946. The van der Waals surface area contributed by atoms with Crippen LogP contribution in [0, 0.1) is 5.82 Å². The minimum atomic E-state index is -1.13. The first-order valence-electron chi connectivity index (χ1n) is 11.8. The predicted molar refractivity (Wildman–Crippen MR) is 132 cm³/mol. The Balaban J connectivity index is 1.64. The van der Waals surface area contributed by atoms with Gasteiger partial charge in [0.2, 0.25) is 0 Å². The predicted octanol–water partition coefficient (Wildman–Crippen LogP) is 4.68. The molecule has 0 radical (unpaired) electrons. The van der Waals surface area contributed by atoms with E-state index in [1.54, 1.807) is 36.1 Å². The van der Waals surface area contributed by atoms with Crippen LogP contribution in [0.5, 0.6) is 5.75 Å². The molecule has 2 aliphatic rings. The van der Waals surface area contributed by atoms with Crippen molar-refractivity contribution in [3.63, 3.8) is 0 Å². The molecule has 1 aromatic heterocycles. The molecule has 0 aliphatic carbocycles. The van der Waals surface area contributed by atoms with E-state index in [0.29, 0.717) is 29.7 Å². The number of aromatic nitrogens is 1. The number of aromatic amines is 1. The number of nitrogens with one attached hydrogen (secondary N) is 1. The Morgan fingerprint density at radius 3 is 2.77 bits per heavy atom. The summed E-state index contributed by atoms with van der Waals surface area (Å²) in [5.41, 5.74) is 1.59. The molecule has 35 heavy (non-hydrogen) atoms. The second-order valence-corrected chi connectivity index (χ2v) is 10.0. The number of carbonyl (C=O) groups excluding carboxylic acids is 2. The zero-order valence-electron chi connectivity index (χ0n) is 19.9. The summed E-state index contributed by atoms with van der Waals surface area (Å²) in [5.74, 6) is -0.743. The van der Waals surface area contributed by atoms with Crippen LogP contribution < -0.4 is 0 Å². The number of fused-ring (bicyclic) bond motifs is 4. The number of hydrogen-bond acceptors (Lipinski definition) is 4. The average Bonchev–Trinajstić information content (AvgIpc) is 3.24. The van der Waals surface area contributed by atoms with Crippen molar-refractivity contribution in [2.75, 3.05) is 26.7 Å². The van der Waals surface area contributed by atoms with Crippen molar-refractivity contribution in [1.82, 2.24) is 19.7 Å². The minimum Gasteiger partial charge on any atom is -0.508 e. The Kier molecular flexibility index (Phi) is 5.76. The van der Waals surface area contributed by atoms with E-state index in [9.17, 15) is 19.1 Å². The highest BCUT2D eigenvalue weighted by Gasteiger charge is 2.60. The fourth-order valence-electron chi connectivity index (χ4n) is 5.41. The molecule has 2 aromatic carbocycles. The van der Waals surface area contributed by atoms with E-state index in [2.05, 4.69) is 16.8 Å². The molecule has 3 heterocycles. The van der Waals surface area contributed by atoms with Crippen molar-refractivity contribution >= 4 is 34.4 Å². The number of H-pyrrole nitrogens is 1. The maximum atomic E-state index is 14.3. The van der Waals surface area contributed by atoms with Crippen molar-refractivity contribution < 1.29 is 19.1 Å². The molecule has 0 spiro atoms. The van der Waals surface area contributed by atoms with Gasteiger partial charge in [-0.25, -0.2) is 9.18 Å². The molecule has 3 aromatic rings. The molecule has 7 nitrogen and oxygen atoms in total. The van der Waals surface area contributed by atoms with Gasteiger partial charge in [-0.05, 0) is 68.9 Å². The number of urea groups is 1. The van der Waals surface area contributed by atoms with Gasteiger partial charge in [0, 0.05) is 29.6 Å². The number of benzene rings is 2. The van der Waals surface area contributed by atoms with Crippen molar-refractivity contribution in [2.45, 2.75) is 38.3 Å². The number of rotatable bonds is 6. The van der Waals surface area contributed by atoms with Crippen LogP contribution in [-0.2, 0) is 11.2 Å². The average molecular weight is 499 g/mol. The topological polar surface area (TPSA) is 79.9 Å². The van der Waals surface area contributed by atoms with Crippen LogP contribution in [0.4, 0.5) is 9.18 Å². The second-order valence-electron chi connectivity index (χ2n) is 9.64. The Labute approximate surface area is 208 Å². The van der Waals surface area contributed by atoms with E-state index in [1.165, 1.54) is 11.0 Å². The minimum absolute atomic E-state index is 0.00344. The van der Waals surface area contributed by atoms with Crippen molar-refractivity contribution in [3.8, 4) is 5.75 Å². The summed E-state index contributed by atoms with van der Waals surface area (Å²) in [5, 5.41) is 10.9. The van der Waals surface area contributed by atoms with Crippen molar-refractivity contribution in [1.29, 1.82) is 0 Å². The number of nitrogens with zero attached hydrogens (tertiary/aromatic N) is 3. The van der Waals surface area contributed by atoms with E-state index in [-0.39, 0.29) is 29.1 Å². The first kappa shape index (κ1) is 23.6. The fourth-order valence-corrected chi connectivity index (χ4v) is 5.57. The number of phenols is 1. The SMILES string of the molecule is CCN(C)CCCN1C(=O)N2C(c3cccc(O)c3)c3[nH]c4cc(F)c(Cl)cc4c3CC2(C)C1=O. The Bertz CT molecular complexity index is 1340. The van der Waals surface area contributed by atoms with E-state index >= 15 is 0 Å². The molecule has 9 heteroatoms. The molecule has 5 rings (SSSR count). The fraction of sp³-hybridized carbons (Fsp3) is 0.385. The highest BCUT2D eigenvalue weighted by atomic mass is 35.5. The molecular formula is C26H28ClFN4O3. The van der Waals surface area contributed by atoms with Gasteiger partial charge in [-0.1, -0.05) is 30.7 Å². The highest BCUT2D eigenvalue weighted by Crippen LogP contribution is 2.49. The number of aromatic hydroxyl groups is 1. The summed E-state index contributed by atoms with van der Waals surface area (Å²) in [6, 6.07) is 8.55. The number of hydrogen-bond donors (Lipinski definition) is 2. The quantitative estimate of drug-likeness (QED) is 0.484. The molecule has 184 valence electrons. The molecule has 2 N–H and O–H groups in total. The van der Waals surface area contributed by atoms with Gasteiger partial charge >= 0.3 is 6.03 Å². The van der Waals surface area contributed by atoms with Gasteiger partial charge in [-0.2, -0.15) is 0 Å². The maximum absolute atomic E-state index is 14.3. The number of amides is 3.